The van der Waals surface area contributed by atoms with Crippen LogP contribution in [0.1, 0.15) is 24.5 Å². The molecule has 1 aliphatic rings. The molecule has 0 radical (unpaired) electrons. The van der Waals surface area contributed by atoms with Crippen LogP contribution in [0.3, 0.4) is 0 Å². The Kier molecular flexibility index (Phi) is 2.44. The van der Waals surface area contributed by atoms with E-state index in [1.165, 1.54) is 19.4 Å². The van der Waals surface area contributed by atoms with Gasteiger partial charge in [0.15, 0.2) is 0 Å². The quantitative estimate of drug-likeness (QED) is 0.776. The summed E-state index contributed by atoms with van der Waals surface area (Å²) < 4.78 is 1.66. The predicted molar refractivity (Wildman–Crippen MR) is 64.7 cm³/mol. The minimum absolute atomic E-state index is 0.345. The van der Waals surface area contributed by atoms with Gasteiger partial charge >= 0.3 is 0 Å². The fourth-order valence-electron chi connectivity index (χ4n) is 2.49. The van der Waals surface area contributed by atoms with E-state index in [2.05, 4.69) is 33.3 Å². The molecule has 1 unspecified atom stereocenters. The number of hydrogen-bond acceptors (Lipinski definition) is 5. The highest BCUT2D eigenvalue weighted by molar-refractivity contribution is 5.48. The van der Waals surface area contributed by atoms with E-state index >= 15 is 0 Å². The Bertz CT molecular complexity index is 534. The SMILES string of the molecule is CN1CCCC(c2cc3cnnc(N)n3n2)C1. The van der Waals surface area contributed by atoms with E-state index in [0.717, 1.165) is 17.8 Å². The lowest BCUT2D eigenvalue weighted by Crippen LogP contribution is -2.31. The van der Waals surface area contributed by atoms with E-state index in [4.69, 9.17) is 5.73 Å². The van der Waals surface area contributed by atoms with Gasteiger partial charge in [-0.3, -0.25) is 0 Å². The largest absolute Gasteiger partial charge is 0.366 e. The summed E-state index contributed by atoms with van der Waals surface area (Å²) in [5.41, 5.74) is 7.76. The van der Waals surface area contributed by atoms with Crippen molar-refractivity contribution in [2.45, 2.75) is 18.8 Å². The number of nitrogens with two attached hydrogens (primary N) is 1. The third-order valence-corrected chi connectivity index (χ3v) is 3.37. The molecule has 2 aromatic heterocycles. The number of likely N-dealkylation sites (tertiary alicyclic amines) is 1. The number of piperidine rings is 1. The molecule has 3 heterocycles. The molecule has 2 aromatic rings. The molecule has 0 saturated carbocycles. The maximum Gasteiger partial charge on any atom is 0.241 e. The average Bonchev–Trinajstić information content (AvgIpc) is 2.74. The molecule has 0 amide bonds. The Labute approximate surface area is 99.4 Å². The number of likely N-dealkylation sites (N-methyl/N-ethyl adjacent to an activating group) is 1. The number of anilines is 1. The number of hydrogen-bond donors (Lipinski definition) is 1. The van der Waals surface area contributed by atoms with Gasteiger partial charge in [-0.05, 0) is 32.5 Å². The van der Waals surface area contributed by atoms with Crippen LogP contribution in [0, 0.1) is 0 Å². The molecule has 6 nitrogen and oxygen atoms in total. The van der Waals surface area contributed by atoms with Crippen LogP contribution < -0.4 is 5.73 Å². The Morgan fingerprint density at radius 3 is 3.12 bits per heavy atom. The van der Waals surface area contributed by atoms with E-state index in [9.17, 15) is 0 Å². The zero-order valence-electron chi connectivity index (χ0n) is 9.87. The molecule has 3 rings (SSSR count). The Hall–Kier alpha value is -1.69. The molecule has 1 saturated heterocycles. The zero-order chi connectivity index (χ0) is 11.8. The van der Waals surface area contributed by atoms with E-state index in [0.29, 0.717) is 11.9 Å². The molecule has 6 heteroatoms. The number of fused-ring (bicyclic) bond motifs is 1. The highest BCUT2D eigenvalue weighted by Crippen LogP contribution is 2.26. The van der Waals surface area contributed by atoms with Crippen molar-refractivity contribution >= 4 is 11.5 Å². The van der Waals surface area contributed by atoms with Crippen LogP contribution in [0.25, 0.3) is 5.52 Å². The van der Waals surface area contributed by atoms with Crippen molar-refractivity contribution in [2.75, 3.05) is 25.9 Å². The fraction of sp³-hybridized carbons (Fsp3) is 0.545. The van der Waals surface area contributed by atoms with Gasteiger partial charge in [0.05, 0.1) is 17.4 Å². The van der Waals surface area contributed by atoms with Crippen molar-refractivity contribution in [3.05, 3.63) is 18.0 Å². The molecule has 1 fully saturated rings. The minimum Gasteiger partial charge on any atom is -0.366 e. The second-order valence-electron chi connectivity index (χ2n) is 4.71. The fourth-order valence-corrected chi connectivity index (χ4v) is 2.49. The average molecular weight is 232 g/mol. The standard InChI is InChI=1S/C11H16N6/c1-16-4-2-3-8(7-16)10-5-9-6-13-14-11(12)17(9)15-10/h5-6,8H,2-4,7H2,1H3,(H2,12,14). The third-order valence-electron chi connectivity index (χ3n) is 3.37. The van der Waals surface area contributed by atoms with Crippen LogP contribution in [-0.4, -0.2) is 44.8 Å². The normalized spacial score (nSPS) is 22.1. The van der Waals surface area contributed by atoms with Gasteiger partial charge < -0.3 is 10.6 Å². The van der Waals surface area contributed by atoms with Gasteiger partial charge in [0, 0.05) is 12.5 Å². The molecule has 1 aliphatic heterocycles. The summed E-state index contributed by atoms with van der Waals surface area (Å²) in [6.07, 6.45) is 4.11. The topological polar surface area (TPSA) is 72.3 Å². The van der Waals surface area contributed by atoms with Crippen molar-refractivity contribution < 1.29 is 0 Å². The Morgan fingerprint density at radius 2 is 2.35 bits per heavy atom. The molecule has 17 heavy (non-hydrogen) atoms. The van der Waals surface area contributed by atoms with Crippen LogP contribution >= 0.6 is 0 Å². The van der Waals surface area contributed by atoms with Crippen LogP contribution in [0.4, 0.5) is 5.95 Å². The van der Waals surface area contributed by atoms with Crippen LogP contribution in [-0.2, 0) is 0 Å². The summed E-state index contributed by atoms with van der Waals surface area (Å²) in [7, 11) is 2.15. The molecule has 0 spiro atoms. The molecular formula is C11H16N6. The monoisotopic (exact) mass is 232 g/mol. The number of aromatic nitrogens is 4. The molecule has 90 valence electrons. The van der Waals surface area contributed by atoms with Crippen molar-refractivity contribution in [2.24, 2.45) is 0 Å². The van der Waals surface area contributed by atoms with Gasteiger partial charge in [0.1, 0.15) is 0 Å². The van der Waals surface area contributed by atoms with Gasteiger partial charge in [-0.15, -0.1) is 5.10 Å². The summed E-state index contributed by atoms with van der Waals surface area (Å²) in [4.78, 5) is 2.35. The van der Waals surface area contributed by atoms with Crippen LogP contribution in [0.5, 0.6) is 0 Å². The smallest absolute Gasteiger partial charge is 0.241 e. The second kappa shape index (κ2) is 3.96. The maximum absolute atomic E-state index is 5.74. The molecule has 1 atom stereocenters. The summed E-state index contributed by atoms with van der Waals surface area (Å²) in [6, 6.07) is 2.06. The number of nitrogen functional groups attached to an aromatic ring is 1. The minimum atomic E-state index is 0.345. The lowest BCUT2D eigenvalue weighted by Gasteiger charge is -2.28. The first-order valence-corrected chi connectivity index (χ1v) is 5.89. The van der Waals surface area contributed by atoms with Gasteiger partial charge in [-0.1, -0.05) is 0 Å². The molecular weight excluding hydrogens is 216 g/mol. The number of rotatable bonds is 1. The van der Waals surface area contributed by atoms with Crippen molar-refractivity contribution in [3.63, 3.8) is 0 Å². The first kappa shape index (κ1) is 10.5. The molecule has 0 bridgehead atoms. The predicted octanol–water partition coefficient (Wildman–Crippen LogP) is 0.516. The highest BCUT2D eigenvalue weighted by Gasteiger charge is 2.21. The molecule has 0 aliphatic carbocycles. The van der Waals surface area contributed by atoms with E-state index in [1.807, 2.05) is 0 Å². The second-order valence-corrected chi connectivity index (χ2v) is 4.71. The lowest BCUT2D eigenvalue weighted by atomic mass is 9.95. The molecule has 0 aromatic carbocycles. The maximum atomic E-state index is 5.74. The van der Waals surface area contributed by atoms with E-state index in [1.54, 1.807) is 10.7 Å². The lowest BCUT2D eigenvalue weighted by molar-refractivity contribution is 0.248. The van der Waals surface area contributed by atoms with Crippen LogP contribution in [0.15, 0.2) is 12.3 Å². The van der Waals surface area contributed by atoms with E-state index in [-0.39, 0.29) is 0 Å². The highest BCUT2D eigenvalue weighted by atomic mass is 15.3. The van der Waals surface area contributed by atoms with Crippen molar-refractivity contribution in [1.82, 2.24) is 24.7 Å². The first-order valence-electron chi connectivity index (χ1n) is 5.89. The Morgan fingerprint density at radius 1 is 1.47 bits per heavy atom. The van der Waals surface area contributed by atoms with Gasteiger partial charge in [0.25, 0.3) is 0 Å². The Balaban J connectivity index is 1.97. The van der Waals surface area contributed by atoms with Gasteiger partial charge in [-0.25, -0.2) is 0 Å². The first-order chi connectivity index (χ1) is 8.24. The van der Waals surface area contributed by atoms with Crippen molar-refractivity contribution in [1.29, 1.82) is 0 Å². The summed E-state index contributed by atoms with van der Waals surface area (Å²) >= 11 is 0. The van der Waals surface area contributed by atoms with E-state index < -0.39 is 0 Å². The summed E-state index contributed by atoms with van der Waals surface area (Å²) in [5, 5.41) is 12.2. The van der Waals surface area contributed by atoms with Crippen LogP contribution in [0.2, 0.25) is 0 Å². The zero-order valence-corrected chi connectivity index (χ0v) is 9.87. The summed E-state index contributed by atoms with van der Waals surface area (Å²) in [5.74, 6) is 0.839. The molecule has 2 N–H and O–H groups in total. The van der Waals surface area contributed by atoms with Gasteiger partial charge in [0.2, 0.25) is 5.95 Å². The summed E-state index contributed by atoms with van der Waals surface area (Å²) in [6.45, 7) is 2.24. The number of nitrogens with zero attached hydrogens (tertiary/aromatic N) is 5. The van der Waals surface area contributed by atoms with Crippen molar-refractivity contribution in [3.8, 4) is 0 Å². The van der Waals surface area contributed by atoms with Gasteiger partial charge in [-0.2, -0.15) is 14.7 Å². The third kappa shape index (κ3) is 1.84.